The van der Waals surface area contributed by atoms with Gasteiger partial charge in [0.25, 0.3) is 5.91 Å². The summed E-state index contributed by atoms with van der Waals surface area (Å²) in [5.74, 6) is 1.22. The lowest BCUT2D eigenvalue weighted by Crippen LogP contribution is -2.48. The minimum Gasteiger partial charge on any atom is -0.338 e. The summed E-state index contributed by atoms with van der Waals surface area (Å²) in [5.41, 5.74) is 3.55. The summed E-state index contributed by atoms with van der Waals surface area (Å²) in [5, 5.41) is 0.780. The smallest absolute Gasteiger partial charge is 0.255 e. The van der Waals surface area contributed by atoms with Gasteiger partial charge in [-0.3, -0.25) is 9.69 Å². The number of hydrogen-bond acceptors (Lipinski definition) is 5. The largest absolute Gasteiger partial charge is 0.338 e. The standard InChI is InChI=1S/C29H34ClN3OS2/c1-22-21-26-28(34)33(19-20-35-29(26)36-22)14-6-5-13-31-15-17-32(18-16-31)27(23-7-3-2-4-8-23)24-9-11-25(30)12-10-24/h2-4,7-12,21,27H,5-6,13-20H2,1H3. The number of thioether (sulfide) groups is 1. The summed E-state index contributed by atoms with van der Waals surface area (Å²) in [6.45, 7) is 9.16. The highest BCUT2D eigenvalue weighted by Gasteiger charge is 2.27. The molecule has 0 bridgehead atoms. The third kappa shape index (κ3) is 6.17. The molecule has 0 aliphatic carbocycles. The molecule has 1 amide bonds. The Hall–Kier alpha value is -1.83. The number of rotatable bonds is 8. The minimum absolute atomic E-state index is 0.224. The average Bonchev–Trinajstić information content (AvgIpc) is 3.21. The zero-order valence-corrected chi connectivity index (χ0v) is 23.3. The molecule has 2 aliphatic rings. The lowest BCUT2D eigenvalue weighted by atomic mass is 9.96. The van der Waals surface area contributed by atoms with Crippen LogP contribution in [0, 0.1) is 6.92 Å². The van der Waals surface area contributed by atoms with Gasteiger partial charge in [-0.2, -0.15) is 0 Å². The zero-order chi connectivity index (χ0) is 24.9. The van der Waals surface area contributed by atoms with Gasteiger partial charge in [0.15, 0.2) is 0 Å². The van der Waals surface area contributed by atoms with E-state index in [9.17, 15) is 4.79 Å². The molecule has 3 aromatic rings. The zero-order valence-electron chi connectivity index (χ0n) is 20.9. The van der Waals surface area contributed by atoms with Crippen LogP contribution in [0.3, 0.4) is 0 Å². The number of carbonyl (C=O) groups excluding carboxylic acids is 1. The maximum absolute atomic E-state index is 13.0. The summed E-state index contributed by atoms with van der Waals surface area (Å²) >= 11 is 9.77. The van der Waals surface area contributed by atoms with Gasteiger partial charge in [-0.25, -0.2) is 0 Å². The van der Waals surface area contributed by atoms with E-state index in [0.717, 1.165) is 75.0 Å². The van der Waals surface area contributed by atoms with Crippen molar-refractivity contribution in [3.05, 3.63) is 87.3 Å². The van der Waals surface area contributed by atoms with Crippen molar-refractivity contribution >= 4 is 40.6 Å². The van der Waals surface area contributed by atoms with E-state index in [-0.39, 0.29) is 11.9 Å². The number of unbranched alkanes of at least 4 members (excludes halogenated alkanes) is 1. The maximum atomic E-state index is 13.0. The van der Waals surface area contributed by atoms with Crippen LogP contribution in [0.4, 0.5) is 0 Å². The van der Waals surface area contributed by atoms with Gasteiger partial charge in [-0.05, 0) is 55.6 Å². The van der Waals surface area contributed by atoms with Gasteiger partial charge >= 0.3 is 0 Å². The molecule has 1 fully saturated rings. The van der Waals surface area contributed by atoms with Crippen LogP contribution in [0.5, 0.6) is 0 Å². The van der Waals surface area contributed by atoms with E-state index in [1.54, 1.807) is 11.3 Å². The minimum atomic E-state index is 0.224. The monoisotopic (exact) mass is 539 g/mol. The Morgan fingerprint density at radius 2 is 1.58 bits per heavy atom. The first kappa shape index (κ1) is 25.8. The van der Waals surface area contributed by atoms with Gasteiger partial charge in [0.05, 0.1) is 15.8 Å². The molecule has 0 N–H and O–H groups in total. The summed E-state index contributed by atoms with van der Waals surface area (Å²) in [7, 11) is 0. The van der Waals surface area contributed by atoms with Crippen molar-refractivity contribution in [2.45, 2.75) is 30.0 Å². The Bertz CT molecular complexity index is 1140. The third-order valence-electron chi connectivity index (χ3n) is 7.16. The second-order valence-electron chi connectivity index (χ2n) is 9.65. The van der Waals surface area contributed by atoms with E-state index in [1.165, 1.54) is 20.2 Å². The Kier molecular flexibility index (Phi) is 8.70. The number of carbonyl (C=O) groups is 1. The second kappa shape index (κ2) is 12.1. The van der Waals surface area contributed by atoms with Crippen molar-refractivity contribution in [2.24, 2.45) is 0 Å². The van der Waals surface area contributed by atoms with Gasteiger partial charge in [-0.1, -0.05) is 54.1 Å². The fraction of sp³-hybridized carbons (Fsp3) is 0.414. The molecular formula is C29H34ClN3OS2. The number of benzene rings is 2. The number of fused-ring (bicyclic) bond motifs is 1. The molecule has 0 radical (unpaired) electrons. The number of nitrogens with zero attached hydrogens (tertiary/aromatic N) is 3. The summed E-state index contributed by atoms with van der Waals surface area (Å²) < 4.78 is 1.20. The second-order valence-corrected chi connectivity index (χ2v) is 12.7. The van der Waals surface area contributed by atoms with Gasteiger partial charge < -0.3 is 9.80 Å². The van der Waals surface area contributed by atoms with Crippen molar-refractivity contribution in [2.75, 3.05) is 51.6 Å². The highest BCUT2D eigenvalue weighted by atomic mass is 35.5. The summed E-state index contributed by atoms with van der Waals surface area (Å²) in [6.07, 6.45) is 2.19. The first-order valence-electron chi connectivity index (χ1n) is 12.9. The highest BCUT2D eigenvalue weighted by Crippen LogP contribution is 2.35. The molecule has 1 aromatic heterocycles. The summed E-state index contributed by atoms with van der Waals surface area (Å²) in [6, 6.07) is 21.4. The first-order chi connectivity index (χ1) is 17.6. The predicted octanol–water partition coefficient (Wildman–Crippen LogP) is 6.45. The molecule has 7 heteroatoms. The Morgan fingerprint density at radius 1 is 0.889 bits per heavy atom. The number of halogens is 1. The molecular weight excluding hydrogens is 506 g/mol. The molecule has 1 unspecified atom stereocenters. The maximum Gasteiger partial charge on any atom is 0.255 e. The molecule has 0 spiro atoms. The van der Waals surface area contributed by atoms with Gasteiger partial charge in [0.1, 0.15) is 0 Å². The Balaban J connectivity index is 1.11. The van der Waals surface area contributed by atoms with Crippen LogP contribution < -0.4 is 0 Å². The number of hydrogen-bond donors (Lipinski definition) is 0. The molecule has 1 saturated heterocycles. The van der Waals surface area contributed by atoms with Crippen LogP contribution in [-0.4, -0.2) is 72.2 Å². The lowest BCUT2D eigenvalue weighted by Gasteiger charge is -2.40. The first-order valence-corrected chi connectivity index (χ1v) is 15.1. The average molecular weight is 540 g/mol. The topological polar surface area (TPSA) is 26.8 Å². The number of aryl methyl sites for hydroxylation is 1. The van der Waals surface area contributed by atoms with E-state index in [0.29, 0.717) is 0 Å². The van der Waals surface area contributed by atoms with E-state index in [2.05, 4.69) is 70.2 Å². The molecule has 2 aromatic carbocycles. The quantitative estimate of drug-likeness (QED) is 0.307. The van der Waals surface area contributed by atoms with Crippen LogP contribution in [-0.2, 0) is 0 Å². The fourth-order valence-electron chi connectivity index (χ4n) is 5.26. The van der Waals surface area contributed by atoms with E-state index in [1.807, 2.05) is 23.9 Å². The van der Waals surface area contributed by atoms with Crippen molar-refractivity contribution in [1.29, 1.82) is 0 Å². The number of amides is 1. The molecule has 2 aliphatic heterocycles. The third-order valence-corrected chi connectivity index (χ3v) is 9.73. The molecule has 190 valence electrons. The predicted molar refractivity (Wildman–Crippen MR) is 153 cm³/mol. The van der Waals surface area contributed by atoms with Crippen molar-refractivity contribution in [1.82, 2.24) is 14.7 Å². The molecule has 1 atom stereocenters. The fourth-order valence-corrected chi connectivity index (χ4v) is 7.79. The van der Waals surface area contributed by atoms with E-state index < -0.39 is 0 Å². The lowest BCUT2D eigenvalue weighted by molar-refractivity contribution is 0.0757. The molecule has 36 heavy (non-hydrogen) atoms. The van der Waals surface area contributed by atoms with Gasteiger partial charge in [-0.15, -0.1) is 23.1 Å². The normalized spacial score (nSPS) is 18.2. The Morgan fingerprint density at radius 3 is 2.33 bits per heavy atom. The van der Waals surface area contributed by atoms with Crippen LogP contribution in [0.25, 0.3) is 0 Å². The summed E-state index contributed by atoms with van der Waals surface area (Å²) in [4.78, 5) is 21.5. The van der Waals surface area contributed by atoms with Crippen molar-refractivity contribution in [3.8, 4) is 0 Å². The molecule has 5 rings (SSSR count). The SMILES string of the molecule is Cc1cc2c(s1)SCCN(CCCCN1CCN(C(c3ccccc3)c3ccc(Cl)cc3)CC1)C2=O. The number of thiophene rings is 1. The Labute approximate surface area is 228 Å². The van der Waals surface area contributed by atoms with Crippen molar-refractivity contribution < 1.29 is 4.79 Å². The van der Waals surface area contributed by atoms with Crippen LogP contribution >= 0.6 is 34.7 Å². The van der Waals surface area contributed by atoms with E-state index >= 15 is 0 Å². The van der Waals surface area contributed by atoms with Gasteiger partial charge in [0, 0.05) is 54.9 Å². The van der Waals surface area contributed by atoms with E-state index in [4.69, 9.17) is 11.6 Å². The van der Waals surface area contributed by atoms with Gasteiger partial charge in [0.2, 0.25) is 0 Å². The van der Waals surface area contributed by atoms with Crippen LogP contribution in [0.1, 0.15) is 45.2 Å². The van der Waals surface area contributed by atoms with Crippen LogP contribution in [0.15, 0.2) is 64.9 Å². The van der Waals surface area contributed by atoms with Crippen LogP contribution in [0.2, 0.25) is 5.02 Å². The molecule has 3 heterocycles. The molecule has 0 saturated carbocycles. The molecule has 4 nitrogen and oxygen atoms in total. The van der Waals surface area contributed by atoms with Crippen molar-refractivity contribution in [3.63, 3.8) is 0 Å². The highest BCUT2D eigenvalue weighted by molar-refractivity contribution is 8.01. The number of piperazine rings is 1.